The Morgan fingerprint density at radius 2 is 0.789 bits per heavy atom. The van der Waals surface area contributed by atoms with Gasteiger partial charge in [-0.2, -0.15) is 0 Å². The average molecular weight is 1010 g/mol. The van der Waals surface area contributed by atoms with E-state index in [0.29, 0.717) is 34.4 Å². The smallest absolute Gasteiger partial charge is 0.269 e. The van der Waals surface area contributed by atoms with E-state index >= 15 is 0 Å². The molecule has 12 nitrogen and oxygen atoms in total. The molecule has 2 fully saturated rings. The van der Waals surface area contributed by atoms with Crippen LogP contribution in [0.15, 0.2) is 171 Å². The van der Waals surface area contributed by atoms with Gasteiger partial charge in [-0.3, -0.25) is 38.2 Å². The van der Waals surface area contributed by atoms with E-state index in [1.165, 1.54) is 24.2 Å². The lowest BCUT2D eigenvalue weighted by Gasteiger charge is -2.55. The molecule has 2 saturated heterocycles. The quantitative estimate of drug-likeness (QED) is 0.0934. The fourth-order valence-electron chi connectivity index (χ4n) is 12.5. The minimum absolute atomic E-state index is 0.0160. The van der Waals surface area contributed by atoms with Crippen LogP contribution in [0.4, 0.5) is 11.4 Å². The first-order valence-corrected chi connectivity index (χ1v) is 26.5. The first kappa shape index (κ1) is 48.6. The largest absolute Gasteiger partial charge is 0.456 e. The Morgan fingerprint density at radius 3 is 1.20 bits per heavy atom. The number of anilines is 2. The first-order chi connectivity index (χ1) is 36.6. The second kappa shape index (κ2) is 18.8. The summed E-state index contributed by atoms with van der Waals surface area (Å²) in [5.41, 5.74) is 11.4. The molecule has 0 radical (unpaired) electrons. The number of nitrogens with zero attached hydrogens (tertiary/aromatic N) is 10. The van der Waals surface area contributed by atoms with E-state index in [1.807, 2.05) is 48.8 Å². The molecule has 8 heterocycles. The number of piperidine rings is 2. The van der Waals surface area contributed by atoms with E-state index in [1.54, 1.807) is 24.8 Å². The molecule has 0 atom stereocenters. The zero-order chi connectivity index (χ0) is 52.4. The van der Waals surface area contributed by atoms with E-state index in [2.05, 4.69) is 203 Å². The molecule has 12 rings (SSSR count). The summed E-state index contributed by atoms with van der Waals surface area (Å²) in [6.07, 6.45) is 24.9. The number of imidazole rings is 2. The van der Waals surface area contributed by atoms with Crippen LogP contribution in [0.25, 0.3) is 56.2 Å². The van der Waals surface area contributed by atoms with Gasteiger partial charge in [0.1, 0.15) is 23.0 Å². The molecule has 382 valence electrons. The summed E-state index contributed by atoms with van der Waals surface area (Å²) in [6.45, 7) is 18.9. The van der Waals surface area contributed by atoms with E-state index in [-0.39, 0.29) is 22.2 Å². The zero-order valence-electron chi connectivity index (χ0n) is 44.7. The van der Waals surface area contributed by atoms with E-state index in [0.717, 1.165) is 70.5 Å². The van der Waals surface area contributed by atoms with Crippen molar-refractivity contribution in [1.29, 1.82) is 0 Å². The van der Waals surface area contributed by atoms with Crippen molar-refractivity contribution in [2.45, 2.75) is 116 Å². The third-order valence-corrected chi connectivity index (χ3v) is 15.5. The predicted octanol–water partition coefficient (Wildman–Crippen LogP) is 13.7. The number of para-hydroxylation sites is 8. The molecule has 6 aromatic heterocycles. The molecule has 0 amide bonds. The summed E-state index contributed by atoms with van der Waals surface area (Å²) in [6, 6.07) is 45.6. The highest BCUT2D eigenvalue weighted by Crippen LogP contribution is 2.46. The molecule has 0 spiro atoms. The van der Waals surface area contributed by atoms with Crippen molar-refractivity contribution >= 4 is 33.4 Å². The molecule has 0 N–H and O–H groups in total. The van der Waals surface area contributed by atoms with Gasteiger partial charge in [0.05, 0.1) is 80.0 Å². The summed E-state index contributed by atoms with van der Waals surface area (Å²) < 4.78 is 21.5. The summed E-state index contributed by atoms with van der Waals surface area (Å²) in [7, 11) is 0. The minimum Gasteiger partial charge on any atom is -0.456 e. The Hall–Kier alpha value is -8.38. The van der Waals surface area contributed by atoms with Crippen LogP contribution in [0.5, 0.6) is 23.0 Å². The van der Waals surface area contributed by atoms with Crippen molar-refractivity contribution in [3.05, 3.63) is 183 Å². The lowest BCUT2D eigenvalue weighted by Crippen LogP contribution is -2.59. The molecule has 2 aliphatic heterocycles. The van der Waals surface area contributed by atoms with Gasteiger partial charge in [0, 0.05) is 59.1 Å². The zero-order valence-corrected chi connectivity index (χ0v) is 44.7. The number of pyridine rings is 4. The maximum atomic E-state index is 6.53. The third kappa shape index (κ3) is 8.88. The Bertz CT molecular complexity index is 3520. The fraction of sp³-hybridized carbons (Fsp3) is 0.281. The number of hydrogen-bond donors (Lipinski definition) is 0. The number of ether oxygens (including phenoxy) is 2. The van der Waals surface area contributed by atoms with Crippen LogP contribution in [0.3, 0.4) is 0 Å². The molecule has 0 unspecified atom stereocenters. The van der Waals surface area contributed by atoms with Gasteiger partial charge in [-0.15, -0.1) is 0 Å². The normalized spacial score (nSPS) is 16.7. The second-order valence-electron chi connectivity index (χ2n) is 22.8. The number of benzene rings is 4. The maximum Gasteiger partial charge on any atom is 0.269 e. The van der Waals surface area contributed by atoms with Crippen molar-refractivity contribution in [3.63, 3.8) is 0 Å². The highest BCUT2D eigenvalue weighted by molar-refractivity contribution is 5.79. The molecule has 12 heteroatoms. The van der Waals surface area contributed by atoms with Crippen LogP contribution < -0.4 is 28.4 Å². The van der Waals surface area contributed by atoms with Crippen LogP contribution in [0.2, 0.25) is 0 Å². The Kier molecular flexibility index (Phi) is 12.0. The van der Waals surface area contributed by atoms with Gasteiger partial charge in [-0.25, -0.2) is 0 Å². The van der Waals surface area contributed by atoms with Gasteiger partial charge >= 0.3 is 0 Å². The van der Waals surface area contributed by atoms with Gasteiger partial charge in [0.15, 0.2) is 0 Å². The number of hydrogen-bond acceptors (Lipinski definition) is 8. The van der Waals surface area contributed by atoms with Gasteiger partial charge in [-0.05, 0) is 142 Å². The summed E-state index contributed by atoms with van der Waals surface area (Å²) in [5, 5.41) is 0. The van der Waals surface area contributed by atoms with Gasteiger partial charge in [-0.1, -0.05) is 72.8 Å². The second-order valence-corrected chi connectivity index (χ2v) is 22.8. The molecule has 0 aliphatic carbocycles. The van der Waals surface area contributed by atoms with Crippen LogP contribution in [0.1, 0.15) is 93.9 Å². The standard InChI is InChI=1S/C64H64N10O2/c1-61(2)29-17-30-62(3,4)73(61)59-25-15-13-23-57(59)71-43-69(53-19-9-11-21-55(53)71)45-35-49(41-65-39-45)75-47-27-33-67-51(37-47)52-38-48(28-34-68-52)76-50-36-46(40-66-42-50)70-44-72(56-22-12-10-20-54(56)70)58-24-14-16-26-60(58)74-63(5,6)31-18-32-64(74,7)8/h9-16,19-28,33-42H,17-18,29-32H2,1-8H3. The molecule has 4 aromatic carbocycles. The Balaban J connectivity index is 0.804. The lowest BCUT2D eigenvalue weighted by molar-refractivity contribution is -0.573. The average Bonchev–Trinajstić information content (AvgIpc) is 4.03. The Labute approximate surface area is 445 Å². The van der Waals surface area contributed by atoms with Crippen molar-refractivity contribution in [3.8, 4) is 57.1 Å². The maximum absolute atomic E-state index is 6.53. The number of rotatable bonds is 11. The Morgan fingerprint density at radius 1 is 0.421 bits per heavy atom. The predicted molar refractivity (Wildman–Crippen MR) is 299 cm³/mol. The monoisotopic (exact) mass is 1000 g/mol. The van der Waals surface area contributed by atoms with Crippen molar-refractivity contribution < 1.29 is 18.6 Å². The minimum atomic E-state index is -0.0160. The first-order valence-electron chi connectivity index (χ1n) is 26.5. The van der Waals surface area contributed by atoms with Crippen LogP contribution in [-0.2, 0) is 0 Å². The molecule has 0 saturated carbocycles. The topological polar surface area (TPSA) is 94.1 Å². The molecule has 0 bridgehead atoms. The van der Waals surface area contributed by atoms with Crippen molar-refractivity contribution in [1.82, 2.24) is 29.1 Å². The van der Waals surface area contributed by atoms with Crippen molar-refractivity contribution in [2.24, 2.45) is 0 Å². The SMILES string of the molecule is CC1(C)CCCC(C)(C)N1c1ccccc1-n1[c-][n+](-c2cncc(Oc3ccnc(-c4cc(Oc5cncc(-[n+]6[c-]n(-c7ccccc7N7C(C)(C)CCCC7(C)C)c7ccccc76)c5)ccn4)c3)c2)c2ccccc21. The number of fused-ring (bicyclic) bond motifs is 2. The van der Waals surface area contributed by atoms with Gasteiger partial charge in [0.2, 0.25) is 0 Å². The number of aromatic nitrogens is 8. The van der Waals surface area contributed by atoms with E-state index in [9.17, 15) is 0 Å². The molecule has 10 aromatic rings. The summed E-state index contributed by atoms with van der Waals surface area (Å²) in [5.74, 6) is 2.31. The molecular weight excluding hydrogens is 941 g/mol. The summed E-state index contributed by atoms with van der Waals surface area (Å²) >= 11 is 0. The highest BCUT2D eigenvalue weighted by Gasteiger charge is 2.43. The third-order valence-electron chi connectivity index (χ3n) is 15.5. The van der Waals surface area contributed by atoms with E-state index in [4.69, 9.17) is 19.4 Å². The van der Waals surface area contributed by atoms with Crippen molar-refractivity contribution in [2.75, 3.05) is 9.80 Å². The van der Waals surface area contributed by atoms with Gasteiger partial charge < -0.3 is 19.3 Å². The highest BCUT2D eigenvalue weighted by atomic mass is 16.5. The lowest BCUT2D eigenvalue weighted by atomic mass is 9.79. The van der Waals surface area contributed by atoms with Crippen LogP contribution in [0, 0.1) is 12.7 Å². The van der Waals surface area contributed by atoms with Crippen LogP contribution >= 0.6 is 0 Å². The molecule has 76 heavy (non-hydrogen) atoms. The molecule has 2 aliphatic rings. The van der Waals surface area contributed by atoms with Gasteiger partial charge in [0.25, 0.3) is 12.7 Å². The molecular formula is C64H64N10O2. The van der Waals surface area contributed by atoms with E-state index < -0.39 is 0 Å². The summed E-state index contributed by atoms with van der Waals surface area (Å²) in [4.78, 5) is 23.9. The van der Waals surface area contributed by atoms with Crippen LogP contribution in [-0.4, -0.2) is 51.2 Å². The fourth-order valence-corrected chi connectivity index (χ4v) is 12.5.